The molecule has 0 unspecified atom stereocenters. The Morgan fingerprint density at radius 1 is 1.26 bits per heavy atom. The molecule has 2 aromatic rings. The summed E-state index contributed by atoms with van der Waals surface area (Å²) < 4.78 is 5.15. The molecule has 0 aliphatic rings. The number of methoxy groups -OCH3 is 1. The van der Waals surface area contributed by atoms with Crippen molar-refractivity contribution in [2.45, 2.75) is 6.92 Å². The van der Waals surface area contributed by atoms with Crippen LogP contribution in [0, 0.1) is 6.92 Å². The van der Waals surface area contributed by atoms with Crippen molar-refractivity contribution < 1.29 is 14.6 Å². The molecular weight excluding hydrogens is 268 g/mol. The van der Waals surface area contributed by atoms with E-state index in [2.05, 4.69) is 9.97 Å². The maximum absolute atomic E-state index is 11.3. The SMILES string of the molecule is COc1ncc(Cl)cc1-c1cc(C)ncc1C(=O)O. The van der Waals surface area contributed by atoms with Gasteiger partial charge in [0, 0.05) is 29.2 Å². The lowest BCUT2D eigenvalue weighted by molar-refractivity contribution is 0.0697. The van der Waals surface area contributed by atoms with Gasteiger partial charge in [0.15, 0.2) is 0 Å². The zero-order chi connectivity index (χ0) is 14.0. The van der Waals surface area contributed by atoms with Crippen molar-refractivity contribution in [1.29, 1.82) is 0 Å². The number of rotatable bonds is 3. The smallest absolute Gasteiger partial charge is 0.337 e. The topological polar surface area (TPSA) is 72.3 Å². The van der Waals surface area contributed by atoms with E-state index in [1.807, 2.05) is 0 Å². The van der Waals surface area contributed by atoms with E-state index in [9.17, 15) is 9.90 Å². The van der Waals surface area contributed by atoms with Crippen LogP contribution in [0.25, 0.3) is 11.1 Å². The first-order valence-electron chi connectivity index (χ1n) is 5.42. The van der Waals surface area contributed by atoms with Crippen LogP contribution in [0.1, 0.15) is 16.1 Å². The monoisotopic (exact) mass is 278 g/mol. The number of carboxylic acids is 1. The number of aromatic carboxylic acids is 1. The van der Waals surface area contributed by atoms with Crippen molar-refractivity contribution in [3.05, 3.63) is 40.8 Å². The average molecular weight is 279 g/mol. The Balaban J connectivity index is 2.73. The number of carboxylic acid groups (broad SMARTS) is 1. The van der Waals surface area contributed by atoms with E-state index >= 15 is 0 Å². The van der Waals surface area contributed by atoms with Gasteiger partial charge in [-0.2, -0.15) is 0 Å². The molecule has 5 nitrogen and oxygen atoms in total. The number of carbonyl (C=O) groups is 1. The summed E-state index contributed by atoms with van der Waals surface area (Å²) >= 11 is 5.91. The molecule has 0 aromatic carbocycles. The van der Waals surface area contributed by atoms with Crippen LogP contribution in [0.5, 0.6) is 5.88 Å². The van der Waals surface area contributed by atoms with E-state index in [-0.39, 0.29) is 5.56 Å². The number of halogens is 1. The van der Waals surface area contributed by atoms with Gasteiger partial charge in [-0.15, -0.1) is 0 Å². The van der Waals surface area contributed by atoms with Gasteiger partial charge in [-0.25, -0.2) is 9.78 Å². The van der Waals surface area contributed by atoms with E-state index in [0.717, 1.165) is 0 Å². The molecule has 2 heterocycles. The van der Waals surface area contributed by atoms with E-state index < -0.39 is 5.97 Å². The zero-order valence-electron chi connectivity index (χ0n) is 10.3. The molecule has 0 amide bonds. The van der Waals surface area contributed by atoms with Crippen LogP contribution in [0.15, 0.2) is 24.5 Å². The predicted molar refractivity (Wildman–Crippen MR) is 70.7 cm³/mol. The maximum Gasteiger partial charge on any atom is 0.337 e. The third-order valence-electron chi connectivity index (χ3n) is 2.57. The van der Waals surface area contributed by atoms with Crippen LogP contribution in [-0.2, 0) is 0 Å². The Labute approximate surface area is 114 Å². The lowest BCUT2D eigenvalue weighted by Gasteiger charge is -2.11. The molecule has 0 radical (unpaired) electrons. The summed E-state index contributed by atoms with van der Waals surface area (Å²) in [6, 6.07) is 3.29. The average Bonchev–Trinajstić information content (AvgIpc) is 2.38. The van der Waals surface area contributed by atoms with Crippen molar-refractivity contribution >= 4 is 17.6 Å². The van der Waals surface area contributed by atoms with Gasteiger partial charge in [-0.3, -0.25) is 4.98 Å². The van der Waals surface area contributed by atoms with Crippen molar-refractivity contribution in [3.8, 4) is 17.0 Å². The highest BCUT2D eigenvalue weighted by molar-refractivity contribution is 6.30. The van der Waals surface area contributed by atoms with Crippen LogP contribution in [-0.4, -0.2) is 28.2 Å². The van der Waals surface area contributed by atoms with Crippen LogP contribution in [0.2, 0.25) is 5.02 Å². The highest BCUT2D eigenvalue weighted by Crippen LogP contribution is 2.32. The second kappa shape index (κ2) is 5.24. The first-order valence-corrected chi connectivity index (χ1v) is 5.80. The summed E-state index contributed by atoms with van der Waals surface area (Å²) in [5.41, 5.74) is 1.78. The van der Waals surface area contributed by atoms with Crippen molar-refractivity contribution in [2.75, 3.05) is 7.11 Å². The third kappa shape index (κ3) is 2.66. The number of aromatic nitrogens is 2. The number of nitrogens with zero attached hydrogens (tertiary/aromatic N) is 2. The van der Waals surface area contributed by atoms with E-state index in [1.54, 1.807) is 19.1 Å². The van der Waals surface area contributed by atoms with Crippen LogP contribution < -0.4 is 4.74 Å². The zero-order valence-corrected chi connectivity index (χ0v) is 11.1. The minimum Gasteiger partial charge on any atom is -0.481 e. The molecule has 2 aromatic heterocycles. The summed E-state index contributed by atoms with van der Waals surface area (Å²) in [6.07, 6.45) is 2.76. The lowest BCUT2D eigenvalue weighted by atomic mass is 10.0. The number of ether oxygens (including phenoxy) is 1. The van der Waals surface area contributed by atoms with Gasteiger partial charge in [-0.1, -0.05) is 11.6 Å². The second-order valence-corrected chi connectivity index (χ2v) is 4.32. The molecule has 19 heavy (non-hydrogen) atoms. The maximum atomic E-state index is 11.3. The standard InChI is InChI=1S/C13H11ClN2O3/c1-7-3-9(11(6-15-7)13(17)18)10-4-8(14)5-16-12(10)19-2/h3-6H,1-2H3,(H,17,18). The molecule has 0 fully saturated rings. The highest BCUT2D eigenvalue weighted by Gasteiger charge is 2.17. The van der Waals surface area contributed by atoms with Gasteiger partial charge in [-0.05, 0) is 19.1 Å². The molecule has 0 aliphatic carbocycles. The molecule has 2 rings (SSSR count). The first-order chi connectivity index (χ1) is 9.02. The normalized spacial score (nSPS) is 10.3. The fourth-order valence-electron chi connectivity index (χ4n) is 1.74. The molecular formula is C13H11ClN2O3. The third-order valence-corrected chi connectivity index (χ3v) is 2.78. The van der Waals surface area contributed by atoms with E-state index in [0.29, 0.717) is 27.7 Å². The molecule has 0 aliphatic heterocycles. The number of aryl methyl sites for hydroxylation is 1. The summed E-state index contributed by atoms with van der Waals surface area (Å²) in [5, 5.41) is 9.62. The number of pyridine rings is 2. The fourth-order valence-corrected chi connectivity index (χ4v) is 1.89. The first kappa shape index (κ1) is 13.3. The largest absolute Gasteiger partial charge is 0.481 e. The van der Waals surface area contributed by atoms with Gasteiger partial charge in [0.25, 0.3) is 0 Å². The Morgan fingerprint density at radius 3 is 2.63 bits per heavy atom. The van der Waals surface area contributed by atoms with Crippen molar-refractivity contribution in [2.24, 2.45) is 0 Å². The van der Waals surface area contributed by atoms with E-state index in [4.69, 9.17) is 16.3 Å². The van der Waals surface area contributed by atoms with Crippen molar-refractivity contribution in [1.82, 2.24) is 9.97 Å². The lowest BCUT2D eigenvalue weighted by Crippen LogP contribution is -2.03. The van der Waals surface area contributed by atoms with Crippen molar-refractivity contribution in [3.63, 3.8) is 0 Å². The summed E-state index contributed by atoms with van der Waals surface area (Å²) in [4.78, 5) is 19.3. The Hall–Kier alpha value is -2.14. The van der Waals surface area contributed by atoms with Crippen LogP contribution >= 0.6 is 11.6 Å². The minimum atomic E-state index is -1.07. The molecule has 0 saturated carbocycles. The fraction of sp³-hybridized carbons (Fsp3) is 0.154. The summed E-state index contributed by atoms with van der Waals surface area (Å²) in [5.74, 6) is -0.748. The molecule has 0 bridgehead atoms. The number of hydrogen-bond acceptors (Lipinski definition) is 4. The quantitative estimate of drug-likeness (QED) is 0.934. The summed E-state index contributed by atoms with van der Waals surface area (Å²) in [7, 11) is 1.47. The van der Waals surface area contributed by atoms with Gasteiger partial charge < -0.3 is 9.84 Å². The highest BCUT2D eigenvalue weighted by atomic mass is 35.5. The van der Waals surface area contributed by atoms with Gasteiger partial charge in [0.2, 0.25) is 5.88 Å². The summed E-state index contributed by atoms with van der Waals surface area (Å²) in [6.45, 7) is 1.78. The van der Waals surface area contributed by atoms with Gasteiger partial charge >= 0.3 is 5.97 Å². The second-order valence-electron chi connectivity index (χ2n) is 3.89. The molecule has 0 saturated heterocycles. The Kier molecular flexibility index (Phi) is 3.66. The van der Waals surface area contributed by atoms with Gasteiger partial charge in [0.05, 0.1) is 17.7 Å². The number of hydrogen-bond donors (Lipinski definition) is 1. The molecule has 98 valence electrons. The van der Waals surface area contributed by atoms with Crippen LogP contribution in [0.4, 0.5) is 0 Å². The Morgan fingerprint density at radius 2 is 2.00 bits per heavy atom. The van der Waals surface area contributed by atoms with E-state index in [1.165, 1.54) is 19.5 Å². The molecule has 1 N–H and O–H groups in total. The minimum absolute atomic E-state index is 0.0768. The molecule has 0 spiro atoms. The molecule has 0 atom stereocenters. The van der Waals surface area contributed by atoms with Gasteiger partial charge in [0.1, 0.15) is 0 Å². The molecule has 6 heteroatoms. The predicted octanol–water partition coefficient (Wildman–Crippen LogP) is 2.81. The van der Waals surface area contributed by atoms with Crippen LogP contribution in [0.3, 0.4) is 0 Å². The Bertz CT molecular complexity index is 644.